The van der Waals surface area contributed by atoms with Crippen LogP contribution in [0.2, 0.25) is 0 Å². The Kier molecular flexibility index (Phi) is 9.97. The van der Waals surface area contributed by atoms with Crippen molar-refractivity contribution >= 4 is 11.6 Å². The number of methoxy groups -OCH3 is 1. The summed E-state index contributed by atoms with van der Waals surface area (Å²) in [5, 5.41) is 14.3. The molecule has 3 atom stereocenters. The van der Waals surface area contributed by atoms with Gasteiger partial charge in [0.25, 0.3) is 5.91 Å². The molecule has 224 valence electrons. The fourth-order valence-corrected chi connectivity index (χ4v) is 5.54. The first kappa shape index (κ1) is 29.8. The summed E-state index contributed by atoms with van der Waals surface area (Å²) < 4.78 is 23.6. The van der Waals surface area contributed by atoms with Crippen LogP contribution < -0.4 is 19.7 Å². The molecule has 0 aromatic heterocycles. The van der Waals surface area contributed by atoms with Gasteiger partial charge >= 0.3 is 0 Å². The van der Waals surface area contributed by atoms with Gasteiger partial charge in [-0.1, -0.05) is 18.2 Å². The zero-order valence-corrected chi connectivity index (χ0v) is 24.6. The standard InChI is InChI=1S/C33H41N3O6/c1-35(2)33(38)25-8-12-27(13-9-25)42-26-10-6-24(7-11-26)32-29(37)20-34-21-31(32)41-22-23-5-14-30-28(19-23)36(16-18-40-30)15-4-17-39-3/h5-14,19,29,31-32,34,37H,4,15-18,20-22H2,1-3H3/t29-,31+,32+/m1/s1. The lowest BCUT2D eigenvalue weighted by molar-refractivity contribution is -0.0328. The molecule has 9 heteroatoms. The molecule has 9 nitrogen and oxygen atoms in total. The van der Waals surface area contributed by atoms with E-state index < -0.39 is 6.10 Å². The summed E-state index contributed by atoms with van der Waals surface area (Å²) in [6.45, 7) is 4.76. The monoisotopic (exact) mass is 575 g/mol. The number of carbonyl (C=O) groups excluding carboxylic acids is 1. The number of hydrogen-bond acceptors (Lipinski definition) is 8. The molecule has 5 rings (SSSR count). The molecule has 0 bridgehead atoms. The summed E-state index contributed by atoms with van der Waals surface area (Å²) in [5.41, 5.74) is 3.76. The summed E-state index contributed by atoms with van der Waals surface area (Å²) in [6.07, 6.45) is 0.176. The van der Waals surface area contributed by atoms with Crippen molar-refractivity contribution in [3.8, 4) is 17.2 Å². The number of nitrogens with one attached hydrogen (secondary N) is 1. The highest BCUT2D eigenvalue weighted by Crippen LogP contribution is 2.34. The first-order valence-electron chi connectivity index (χ1n) is 14.5. The second-order valence-corrected chi connectivity index (χ2v) is 11.0. The summed E-state index contributed by atoms with van der Waals surface area (Å²) in [4.78, 5) is 16.0. The van der Waals surface area contributed by atoms with Crippen LogP contribution in [-0.2, 0) is 16.1 Å². The Balaban J connectivity index is 1.23. The number of anilines is 1. The van der Waals surface area contributed by atoms with Crippen LogP contribution in [0.1, 0.15) is 33.8 Å². The van der Waals surface area contributed by atoms with E-state index >= 15 is 0 Å². The van der Waals surface area contributed by atoms with E-state index in [1.807, 2.05) is 36.4 Å². The Morgan fingerprint density at radius 2 is 1.79 bits per heavy atom. The van der Waals surface area contributed by atoms with E-state index in [0.717, 1.165) is 48.7 Å². The fraction of sp³-hybridized carbons (Fsp3) is 0.424. The Morgan fingerprint density at radius 1 is 1.05 bits per heavy atom. The Labute approximate surface area is 247 Å². The molecule has 0 aliphatic carbocycles. The van der Waals surface area contributed by atoms with E-state index in [-0.39, 0.29) is 17.9 Å². The van der Waals surface area contributed by atoms with Gasteiger partial charge in [0.1, 0.15) is 23.9 Å². The highest BCUT2D eigenvalue weighted by molar-refractivity contribution is 5.93. The van der Waals surface area contributed by atoms with Crippen molar-refractivity contribution in [2.45, 2.75) is 31.2 Å². The van der Waals surface area contributed by atoms with Crippen molar-refractivity contribution < 1.29 is 28.8 Å². The molecule has 1 fully saturated rings. The van der Waals surface area contributed by atoms with E-state index in [9.17, 15) is 9.90 Å². The number of benzene rings is 3. The van der Waals surface area contributed by atoms with Gasteiger partial charge in [-0.25, -0.2) is 0 Å². The molecule has 0 unspecified atom stereocenters. The lowest BCUT2D eigenvalue weighted by Crippen LogP contribution is -2.49. The number of β-amino-alcohol motifs (C(OH)–C–C–N with tert-alkyl or cyclic N) is 1. The van der Waals surface area contributed by atoms with Crippen LogP contribution in [-0.4, -0.2) is 88.7 Å². The fourth-order valence-electron chi connectivity index (χ4n) is 5.54. The highest BCUT2D eigenvalue weighted by Gasteiger charge is 2.34. The number of amides is 1. The molecule has 0 saturated carbocycles. The molecule has 2 aliphatic rings. The van der Waals surface area contributed by atoms with Crippen molar-refractivity contribution in [3.05, 3.63) is 83.4 Å². The number of fused-ring (bicyclic) bond motifs is 1. The average molecular weight is 576 g/mol. The summed E-state index contributed by atoms with van der Waals surface area (Å²) in [7, 11) is 5.18. The average Bonchev–Trinajstić information content (AvgIpc) is 3.01. The van der Waals surface area contributed by atoms with Crippen molar-refractivity contribution in [1.29, 1.82) is 0 Å². The third-order valence-corrected chi connectivity index (χ3v) is 7.75. The Hall–Kier alpha value is -3.63. The number of aliphatic hydroxyl groups is 1. The molecule has 1 amide bonds. The molecule has 2 N–H and O–H groups in total. The van der Waals surface area contributed by atoms with Gasteiger partial charge < -0.3 is 39.2 Å². The second-order valence-electron chi connectivity index (χ2n) is 11.0. The van der Waals surface area contributed by atoms with Gasteiger partial charge in [0.15, 0.2) is 0 Å². The third-order valence-electron chi connectivity index (χ3n) is 7.75. The van der Waals surface area contributed by atoms with Crippen LogP contribution in [0.5, 0.6) is 17.2 Å². The Bertz CT molecular complexity index is 1310. The van der Waals surface area contributed by atoms with E-state index in [1.165, 1.54) is 0 Å². The normalized spacial score (nSPS) is 20.0. The second kappa shape index (κ2) is 14.0. The van der Waals surface area contributed by atoms with Gasteiger partial charge in [-0.3, -0.25) is 4.79 Å². The lowest BCUT2D eigenvalue weighted by atomic mass is 9.85. The minimum Gasteiger partial charge on any atom is -0.490 e. The molecule has 3 aromatic carbocycles. The highest BCUT2D eigenvalue weighted by atomic mass is 16.5. The van der Waals surface area contributed by atoms with Gasteiger partial charge in [0, 0.05) is 58.9 Å². The molecule has 3 aromatic rings. The van der Waals surface area contributed by atoms with Crippen molar-refractivity contribution in [1.82, 2.24) is 10.2 Å². The van der Waals surface area contributed by atoms with Crippen LogP contribution in [0.15, 0.2) is 66.7 Å². The summed E-state index contributed by atoms with van der Waals surface area (Å²) in [6, 6.07) is 21.1. The van der Waals surface area contributed by atoms with Crippen LogP contribution in [0.3, 0.4) is 0 Å². The van der Waals surface area contributed by atoms with Crippen LogP contribution >= 0.6 is 0 Å². The minimum atomic E-state index is -0.578. The first-order valence-corrected chi connectivity index (χ1v) is 14.5. The lowest BCUT2D eigenvalue weighted by Gasteiger charge is -2.36. The SMILES string of the molecule is COCCCN1CCOc2ccc(CO[C@H]3CNC[C@@H](O)[C@@H]3c3ccc(Oc4ccc(C(=O)N(C)C)cc4)cc3)cc21. The molecule has 0 radical (unpaired) electrons. The van der Waals surface area contributed by atoms with Gasteiger partial charge in [-0.15, -0.1) is 0 Å². The van der Waals surface area contributed by atoms with Crippen LogP contribution in [0.25, 0.3) is 0 Å². The number of piperidine rings is 1. The number of aliphatic hydroxyl groups excluding tert-OH is 1. The predicted octanol–water partition coefficient (Wildman–Crippen LogP) is 4.05. The van der Waals surface area contributed by atoms with E-state index in [4.69, 9.17) is 18.9 Å². The predicted molar refractivity (Wildman–Crippen MR) is 162 cm³/mol. The van der Waals surface area contributed by atoms with Gasteiger partial charge in [0.05, 0.1) is 31.0 Å². The maximum Gasteiger partial charge on any atom is 0.253 e. The summed E-state index contributed by atoms with van der Waals surface area (Å²) >= 11 is 0. The van der Waals surface area contributed by atoms with Crippen LogP contribution in [0, 0.1) is 0 Å². The largest absolute Gasteiger partial charge is 0.490 e. The number of hydrogen-bond donors (Lipinski definition) is 2. The molecular formula is C33H41N3O6. The van der Waals surface area contributed by atoms with E-state index in [0.29, 0.717) is 43.4 Å². The van der Waals surface area contributed by atoms with Crippen LogP contribution in [0.4, 0.5) is 5.69 Å². The number of carbonyl (C=O) groups is 1. The van der Waals surface area contributed by atoms with Crippen molar-refractivity contribution in [2.75, 3.05) is 65.5 Å². The molecule has 0 spiro atoms. The van der Waals surface area contributed by atoms with E-state index in [1.54, 1.807) is 50.4 Å². The topological polar surface area (TPSA) is 92.7 Å². The smallest absolute Gasteiger partial charge is 0.253 e. The molecular weight excluding hydrogens is 534 g/mol. The van der Waals surface area contributed by atoms with Gasteiger partial charge in [0.2, 0.25) is 0 Å². The minimum absolute atomic E-state index is 0.0521. The molecule has 2 heterocycles. The quantitative estimate of drug-likeness (QED) is 0.331. The summed E-state index contributed by atoms with van der Waals surface area (Å²) in [5.74, 6) is 1.99. The zero-order valence-electron chi connectivity index (χ0n) is 24.6. The molecule has 2 aliphatic heterocycles. The van der Waals surface area contributed by atoms with Gasteiger partial charge in [-0.05, 0) is 66.1 Å². The maximum atomic E-state index is 12.1. The Morgan fingerprint density at radius 3 is 2.50 bits per heavy atom. The first-order chi connectivity index (χ1) is 20.4. The van der Waals surface area contributed by atoms with Gasteiger partial charge in [-0.2, -0.15) is 0 Å². The number of rotatable bonds is 11. The number of nitrogens with zero attached hydrogens (tertiary/aromatic N) is 2. The van der Waals surface area contributed by atoms with Crippen molar-refractivity contribution in [2.24, 2.45) is 0 Å². The third kappa shape index (κ3) is 7.22. The molecule has 42 heavy (non-hydrogen) atoms. The molecule has 1 saturated heterocycles. The van der Waals surface area contributed by atoms with Crippen molar-refractivity contribution in [3.63, 3.8) is 0 Å². The maximum absolute atomic E-state index is 12.1. The van der Waals surface area contributed by atoms with E-state index in [2.05, 4.69) is 16.3 Å². The zero-order chi connectivity index (χ0) is 29.5. The number of ether oxygens (including phenoxy) is 4.